The summed E-state index contributed by atoms with van der Waals surface area (Å²) in [6.45, 7) is 5.62. The molecule has 2 heterocycles. The molecule has 2 aromatic heterocycles. The number of nitrogens with zero attached hydrogens (tertiary/aromatic N) is 4. The van der Waals surface area contributed by atoms with Crippen molar-refractivity contribution in [3.8, 4) is 0 Å². The van der Waals surface area contributed by atoms with Crippen LogP contribution in [0.25, 0.3) is 10.8 Å². The van der Waals surface area contributed by atoms with E-state index in [9.17, 15) is 10.1 Å². The van der Waals surface area contributed by atoms with Crippen molar-refractivity contribution in [2.45, 2.75) is 26.8 Å². The number of non-ortho nitro benzene ring substituents is 1. The molecule has 0 unspecified atom stereocenters. The summed E-state index contributed by atoms with van der Waals surface area (Å²) in [4.78, 5) is 14.7. The van der Waals surface area contributed by atoms with Gasteiger partial charge in [-0.15, -0.1) is 0 Å². The summed E-state index contributed by atoms with van der Waals surface area (Å²) >= 11 is 0. The van der Waals surface area contributed by atoms with E-state index in [1.54, 1.807) is 18.3 Å². The van der Waals surface area contributed by atoms with Crippen LogP contribution in [0.15, 0.2) is 36.7 Å². The Kier molecular flexibility index (Phi) is 4.41. The van der Waals surface area contributed by atoms with Crippen LogP contribution >= 0.6 is 0 Å². The van der Waals surface area contributed by atoms with Crippen LogP contribution in [-0.2, 0) is 6.54 Å². The highest BCUT2D eigenvalue weighted by Crippen LogP contribution is 2.30. The molecule has 24 heavy (non-hydrogen) atoms. The lowest BCUT2D eigenvalue weighted by Crippen LogP contribution is -2.09. The number of nitro groups is 1. The first-order valence-electron chi connectivity index (χ1n) is 7.82. The molecule has 1 N–H and O–H groups in total. The topological polar surface area (TPSA) is 85.9 Å². The van der Waals surface area contributed by atoms with Crippen LogP contribution < -0.4 is 5.32 Å². The smallest absolute Gasteiger partial charge is 0.278 e. The van der Waals surface area contributed by atoms with Gasteiger partial charge >= 0.3 is 0 Å². The molecule has 124 valence electrons. The normalized spacial score (nSPS) is 10.9. The predicted octanol–water partition coefficient (Wildman–Crippen LogP) is 3.46. The minimum absolute atomic E-state index is 0.0753. The maximum Gasteiger partial charge on any atom is 0.278 e. The van der Waals surface area contributed by atoms with Crippen LogP contribution in [0, 0.1) is 24.0 Å². The summed E-state index contributed by atoms with van der Waals surface area (Å²) in [7, 11) is 0. The van der Waals surface area contributed by atoms with Crippen molar-refractivity contribution in [1.82, 2.24) is 14.8 Å². The van der Waals surface area contributed by atoms with Gasteiger partial charge in [0.05, 0.1) is 16.0 Å². The lowest BCUT2D eigenvalue weighted by Gasteiger charge is -2.10. The van der Waals surface area contributed by atoms with Crippen molar-refractivity contribution in [2.24, 2.45) is 0 Å². The van der Waals surface area contributed by atoms with E-state index in [0.717, 1.165) is 42.0 Å². The second kappa shape index (κ2) is 6.66. The van der Waals surface area contributed by atoms with Gasteiger partial charge in [0.1, 0.15) is 0 Å². The number of benzene rings is 1. The summed E-state index contributed by atoms with van der Waals surface area (Å²) in [5.41, 5.74) is 3.13. The second-order valence-electron chi connectivity index (χ2n) is 5.74. The zero-order valence-corrected chi connectivity index (χ0v) is 13.7. The molecule has 0 aliphatic rings. The van der Waals surface area contributed by atoms with E-state index >= 15 is 0 Å². The van der Waals surface area contributed by atoms with Gasteiger partial charge in [-0.05, 0) is 38.5 Å². The molecule has 0 fully saturated rings. The Morgan fingerprint density at radius 1 is 1.25 bits per heavy atom. The van der Waals surface area contributed by atoms with Crippen molar-refractivity contribution >= 4 is 22.1 Å². The number of hydrogen-bond acceptors (Lipinski definition) is 5. The molecule has 0 atom stereocenters. The fourth-order valence-corrected chi connectivity index (χ4v) is 2.84. The Bertz CT molecular complexity index is 888. The minimum atomic E-state index is -0.378. The van der Waals surface area contributed by atoms with Gasteiger partial charge in [0, 0.05) is 48.3 Å². The molecule has 0 saturated heterocycles. The maximum atomic E-state index is 11.1. The SMILES string of the molecule is Cc1cc(C)n(CCCNc2ccc([N+](=O)[O-])c3cnccc23)n1. The number of rotatable bonds is 6. The number of nitro benzene ring substituents is 1. The van der Waals surface area contributed by atoms with Crippen LogP contribution in [0.4, 0.5) is 11.4 Å². The average Bonchev–Trinajstić information content (AvgIpc) is 2.88. The van der Waals surface area contributed by atoms with Crippen LogP contribution in [0.5, 0.6) is 0 Å². The molecule has 3 aromatic rings. The van der Waals surface area contributed by atoms with Gasteiger partial charge in [0.15, 0.2) is 0 Å². The van der Waals surface area contributed by atoms with Crippen molar-refractivity contribution in [3.05, 3.63) is 58.2 Å². The molecule has 7 heteroatoms. The second-order valence-corrected chi connectivity index (χ2v) is 5.74. The molecule has 0 saturated carbocycles. The van der Waals surface area contributed by atoms with E-state index in [0.29, 0.717) is 5.39 Å². The van der Waals surface area contributed by atoms with Crippen LogP contribution in [0.3, 0.4) is 0 Å². The van der Waals surface area contributed by atoms with Crippen molar-refractivity contribution in [2.75, 3.05) is 11.9 Å². The van der Waals surface area contributed by atoms with E-state index in [1.807, 2.05) is 18.5 Å². The zero-order chi connectivity index (χ0) is 17.1. The van der Waals surface area contributed by atoms with Gasteiger partial charge < -0.3 is 5.32 Å². The molecule has 0 spiro atoms. The number of fused-ring (bicyclic) bond motifs is 1. The van der Waals surface area contributed by atoms with E-state index in [1.165, 1.54) is 12.3 Å². The fraction of sp³-hybridized carbons (Fsp3) is 0.294. The number of pyridine rings is 1. The van der Waals surface area contributed by atoms with Gasteiger partial charge in [-0.3, -0.25) is 19.8 Å². The van der Waals surface area contributed by atoms with Gasteiger partial charge in [-0.25, -0.2) is 0 Å². The molecule has 0 aliphatic heterocycles. The summed E-state index contributed by atoms with van der Waals surface area (Å²) < 4.78 is 1.99. The van der Waals surface area contributed by atoms with Crippen LogP contribution in [0.2, 0.25) is 0 Å². The third-order valence-electron chi connectivity index (χ3n) is 3.96. The number of anilines is 1. The first kappa shape index (κ1) is 15.9. The summed E-state index contributed by atoms with van der Waals surface area (Å²) in [5.74, 6) is 0. The molecule has 0 amide bonds. The van der Waals surface area contributed by atoms with Crippen LogP contribution in [0.1, 0.15) is 17.8 Å². The van der Waals surface area contributed by atoms with E-state index in [4.69, 9.17) is 0 Å². The summed E-state index contributed by atoms with van der Waals surface area (Å²) in [5, 5.41) is 20.3. The third kappa shape index (κ3) is 3.19. The fourth-order valence-electron chi connectivity index (χ4n) is 2.84. The number of aryl methyl sites for hydroxylation is 3. The molecule has 7 nitrogen and oxygen atoms in total. The molecule has 0 aliphatic carbocycles. The van der Waals surface area contributed by atoms with E-state index in [-0.39, 0.29) is 10.6 Å². The minimum Gasteiger partial charge on any atom is -0.384 e. The van der Waals surface area contributed by atoms with E-state index < -0.39 is 0 Å². The monoisotopic (exact) mass is 325 g/mol. The first-order valence-corrected chi connectivity index (χ1v) is 7.82. The largest absolute Gasteiger partial charge is 0.384 e. The van der Waals surface area contributed by atoms with Gasteiger partial charge in [0.2, 0.25) is 0 Å². The van der Waals surface area contributed by atoms with Gasteiger partial charge in [-0.2, -0.15) is 5.10 Å². The number of hydrogen-bond donors (Lipinski definition) is 1. The molecule has 3 rings (SSSR count). The molecule has 0 bridgehead atoms. The Balaban J connectivity index is 1.71. The highest BCUT2D eigenvalue weighted by Gasteiger charge is 2.14. The quantitative estimate of drug-likeness (QED) is 0.426. The highest BCUT2D eigenvalue weighted by molar-refractivity contribution is 5.99. The lowest BCUT2D eigenvalue weighted by molar-refractivity contribution is -0.383. The molecule has 1 aromatic carbocycles. The standard InChI is InChI=1S/C17H19N5O2/c1-12-10-13(2)21(20-12)9-3-7-19-16-4-5-17(22(23)24)15-11-18-8-6-14(15)16/h4-6,8,10-11,19H,3,7,9H2,1-2H3. The van der Waals surface area contributed by atoms with Crippen LogP contribution in [-0.4, -0.2) is 26.2 Å². The lowest BCUT2D eigenvalue weighted by atomic mass is 10.1. The molecular weight excluding hydrogens is 306 g/mol. The number of aromatic nitrogens is 3. The molecule has 0 radical (unpaired) electrons. The van der Waals surface area contributed by atoms with Crippen molar-refractivity contribution in [1.29, 1.82) is 0 Å². The highest BCUT2D eigenvalue weighted by atomic mass is 16.6. The Morgan fingerprint density at radius 3 is 2.79 bits per heavy atom. The summed E-state index contributed by atoms with van der Waals surface area (Å²) in [6.07, 6.45) is 4.09. The first-order chi connectivity index (χ1) is 11.6. The predicted molar refractivity (Wildman–Crippen MR) is 93.2 cm³/mol. The Hall–Kier alpha value is -2.96. The van der Waals surface area contributed by atoms with E-state index in [2.05, 4.69) is 21.5 Å². The van der Waals surface area contributed by atoms with Crippen molar-refractivity contribution < 1.29 is 4.92 Å². The third-order valence-corrected chi connectivity index (χ3v) is 3.96. The maximum absolute atomic E-state index is 11.1. The molecular formula is C17H19N5O2. The average molecular weight is 325 g/mol. The van der Waals surface area contributed by atoms with Gasteiger partial charge in [-0.1, -0.05) is 0 Å². The summed E-state index contributed by atoms with van der Waals surface area (Å²) in [6, 6.07) is 7.13. The Labute approximate surface area is 139 Å². The zero-order valence-electron chi connectivity index (χ0n) is 13.7. The van der Waals surface area contributed by atoms with Gasteiger partial charge in [0.25, 0.3) is 5.69 Å². The Morgan fingerprint density at radius 2 is 2.08 bits per heavy atom. The van der Waals surface area contributed by atoms with Crippen molar-refractivity contribution in [3.63, 3.8) is 0 Å². The number of nitrogens with one attached hydrogen (secondary N) is 1.